The minimum Gasteiger partial charge on any atom is -0.203 e. The Hall–Kier alpha value is -0.0800. The topological polar surface area (TPSA) is 9.23 Å². The zero-order chi connectivity index (χ0) is 9.73. The van der Waals surface area contributed by atoms with Crippen LogP contribution in [0.4, 0.5) is 0 Å². The molecule has 0 amide bonds. The third-order valence-corrected chi connectivity index (χ3v) is 3.38. The molecule has 13 heavy (non-hydrogen) atoms. The van der Waals surface area contributed by atoms with Crippen LogP contribution in [0.1, 0.15) is 46.5 Å². The Kier molecular flexibility index (Phi) is 4.20. The summed E-state index contributed by atoms with van der Waals surface area (Å²) in [5, 5.41) is 0. The van der Waals surface area contributed by atoms with Crippen LogP contribution < -0.4 is 0 Å². The molecule has 0 aliphatic carbocycles. The quantitative estimate of drug-likeness (QED) is 0.613. The Morgan fingerprint density at radius 1 is 1.23 bits per heavy atom. The molecule has 2 heteroatoms. The second-order valence-corrected chi connectivity index (χ2v) is 3.97. The molecule has 0 radical (unpaired) electrons. The molecule has 1 saturated heterocycles. The lowest BCUT2D eigenvalue weighted by molar-refractivity contribution is -1.12. The average Bonchev–Trinajstić information content (AvgIpc) is 2.19. The predicted molar refractivity (Wildman–Crippen MR) is 55.2 cm³/mol. The maximum absolute atomic E-state index is 5.96. The van der Waals surface area contributed by atoms with Crippen LogP contribution in [0.2, 0.25) is 0 Å². The first-order valence-corrected chi connectivity index (χ1v) is 5.80. The van der Waals surface area contributed by atoms with Crippen LogP contribution in [0.3, 0.4) is 0 Å². The Balaban J connectivity index is 2.66. The van der Waals surface area contributed by atoms with Gasteiger partial charge in [0.25, 0.3) is 0 Å². The summed E-state index contributed by atoms with van der Waals surface area (Å²) >= 11 is 0. The first-order valence-electron chi connectivity index (χ1n) is 5.80. The Morgan fingerprint density at radius 3 is 2.54 bits per heavy atom. The first-order chi connectivity index (χ1) is 6.29. The number of quaternary nitrogens is 1. The van der Waals surface area contributed by atoms with Crippen molar-refractivity contribution in [2.45, 2.75) is 52.5 Å². The number of nitrogens with zero attached hydrogens (tertiary/aromatic N) is 1. The monoisotopic (exact) mass is 186 g/mol. The van der Waals surface area contributed by atoms with Gasteiger partial charge < -0.3 is 0 Å². The molecule has 0 saturated carbocycles. The van der Waals surface area contributed by atoms with Crippen molar-refractivity contribution in [1.82, 2.24) is 0 Å². The third-order valence-electron chi connectivity index (χ3n) is 3.38. The molecule has 1 heterocycles. The molecule has 2 unspecified atom stereocenters. The van der Waals surface area contributed by atoms with E-state index in [9.17, 15) is 0 Å². The molecule has 0 aromatic heterocycles. The Bertz CT molecular complexity index is 145. The smallest absolute Gasteiger partial charge is 0.119 e. The molecule has 2 nitrogen and oxygen atoms in total. The lowest BCUT2D eigenvalue weighted by atomic mass is 9.99. The predicted octanol–water partition coefficient (Wildman–Crippen LogP) is 2.74. The molecule has 1 aliphatic heterocycles. The van der Waals surface area contributed by atoms with Crippen molar-refractivity contribution in [2.24, 2.45) is 0 Å². The van der Waals surface area contributed by atoms with Crippen molar-refractivity contribution in [3.63, 3.8) is 0 Å². The summed E-state index contributed by atoms with van der Waals surface area (Å²) in [7, 11) is 0. The molecular formula is C11H24NO+. The third kappa shape index (κ3) is 2.23. The molecule has 78 valence electrons. The van der Waals surface area contributed by atoms with Crippen molar-refractivity contribution >= 4 is 0 Å². The number of likely N-dealkylation sites (tertiary alicyclic amines) is 1. The van der Waals surface area contributed by atoms with Crippen LogP contribution in [-0.2, 0) is 4.84 Å². The maximum Gasteiger partial charge on any atom is 0.119 e. The van der Waals surface area contributed by atoms with Gasteiger partial charge in [-0.1, -0.05) is 6.92 Å². The second-order valence-electron chi connectivity index (χ2n) is 3.97. The van der Waals surface area contributed by atoms with Gasteiger partial charge >= 0.3 is 0 Å². The van der Waals surface area contributed by atoms with Crippen molar-refractivity contribution < 1.29 is 9.48 Å². The number of hydroxylamine groups is 3. The Morgan fingerprint density at radius 2 is 2.00 bits per heavy atom. The molecule has 0 bridgehead atoms. The average molecular weight is 186 g/mol. The van der Waals surface area contributed by atoms with Gasteiger partial charge in [-0.3, -0.25) is 0 Å². The molecule has 0 aromatic carbocycles. The second kappa shape index (κ2) is 4.97. The molecule has 1 aliphatic rings. The summed E-state index contributed by atoms with van der Waals surface area (Å²) in [6, 6.07) is 0.749. The van der Waals surface area contributed by atoms with Gasteiger partial charge in [0.2, 0.25) is 0 Å². The Labute approximate surface area is 82.4 Å². The number of hydrogen-bond donors (Lipinski definition) is 0. The van der Waals surface area contributed by atoms with E-state index in [2.05, 4.69) is 20.8 Å². The summed E-state index contributed by atoms with van der Waals surface area (Å²) in [5.74, 6) is 0. The molecule has 0 N–H and O–H groups in total. The van der Waals surface area contributed by atoms with Gasteiger partial charge in [0.05, 0.1) is 0 Å². The van der Waals surface area contributed by atoms with E-state index < -0.39 is 0 Å². The summed E-state index contributed by atoms with van der Waals surface area (Å²) in [6.07, 6.45) is 5.34. The lowest BCUT2D eigenvalue weighted by Crippen LogP contribution is -2.57. The van der Waals surface area contributed by atoms with E-state index in [1.54, 1.807) is 0 Å². The maximum atomic E-state index is 5.96. The van der Waals surface area contributed by atoms with Crippen LogP contribution in [0, 0.1) is 0 Å². The lowest BCUT2D eigenvalue weighted by Gasteiger charge is -2.43. The van der Waals surface area contributed by atoms with Crippen molar-refractivity contribution in [2.75, 3.05) is 19.7 Å². The number of piperidine rings is 1. The molecule has 2 atom stereocenters. The van der Waals surface area contributed by atoms with Gasteiger partial charge in [0, 0.05) is 6.42 Å². The van der Waals surface area contributed by atoms with E-state index in [4.69, 9.17) is 4.84 Å². The normalized spacial score (nSPS) is 34.8. The van der Waals surface area contributed by atoms with Gasteiger partial charge in [-0.25, -0.2) is 4.84 Å². The van der Waals surface area contributed by atoms with Crippen LogP contribution in [-0.4, -0.2) is 30.4 Å². The summed E-state index contributed by atoms with van der Waals surface area (Å²) in [4.78, 5) is 5.96. The molecule has 1 rings (SSSR count). The summed E-state index contributed by atoms with van der Waals surface area (Å²) < 4.78 is 0.924. The fourth-order valence-electron chi connectivity index (χ4n) is 2.65. The van der Waals surface area contributed by atoms with Gasteiger partial charge in [-0.2, -0.15) is 4.65 Å². The number of rotatable bonds is 4. The van der Waals surface area contributed by atoms with Crippen LogP contribution in [0.5, 0.6) is 0 Å². The summed E-state index contributed by atoms with van der Waals surface area (Å²) in [6.45, 7) is 9.86. The molecule has 0 aromatic rings. The van der Waals surface area contributed by atoms with E-state index >= 15 is 0 Å². The fourth-order valence-corrected chi connectivity index (χ4v) is 2.65. The summed E-state index contributed by atoms with van der Waals surface area (Å²) in [5.41, 5.74) is 0. The van der Waals surface area contributed by atoms with Gasteiger partial charge in [-0.15, -0.1) is 0 Å². The largest absolute Gasteiger partial charge is 0.203 e. The van der Waals surface area contributed by atoms with E-state index in [0.29, 0.717) is 0 Å². The van der Waals surface area contributed by atoms with Crippen LogP contribution in [0.25, 0.3) is 0 Å². The van der Waals surface area contributed by atoms with Crippen LogP contribution >= 0.6 is 0 Å². The van der Waals surface area contributed by atoms with Gasteiger partial charge in [0.1, 0.15) is 25.7 Å². The van der Waals surface area contributed by atoms with Crippen LogP contribution in [0.15, 0.2) is 0 Å². The highest BCUT2D eigenvalue weighted by Gasteiger charge is 2.38. The van der Waals surface area contributed by atoms with Crippen molar-refractivity contribution in [3.8, 4) is 0 Å². The zero-order valence-corrected chi connectivity index (χ0v) is 9.38. The zero-order valence-electron chi connectivity index (χ0n) is 9.38. The highest BCUT2D eigenvalue weighted by Crippen LogP contribution is 2.28. The van der Waals surface area contributed by atoms with Gasteiger partial charge in [-0.05, 0) is 33.1 Å². The van der Waals surface area contributed by atoms with E-state index in [1.165, 1.54) is 32.2 Å². The fraction of sp³-hybridized carbons (Fsp3) is 1.00. The highest BCUT2D eigenvalue weighted by molar-refractivity contribution is 4.61. The van der Waals surface area contributed by atoms with Crippen molar-refractivity contribution in [3.05, 3.63) is 0 Å². The highest BCUT2D eigenvalue weighted by atomic mass is 16.7. The van der Waals surface area contributed by atoms with Gasteiger partial charge in [0.15, 0.2) is 0 Å². The van der Waals surface area contributed by atoms with E-state index in [-0.39, 0.29) is 0 Å². The standard InChI is InChI=1S/C11H24NO/c1-4-11-9-7-8-10-12(11,5-2)13-6-3/h11H,4-10H2,1-3H3/q+1. The van der Waals surface area contributed by atoms with E-state index in [1.807, 2.05) is 0 Å². The minimum atomic E-state index is 0.749. The molecule has 1 fully saturated rings. The number of hydrogen-bond acceptors (Lipinski definition) is 1. The first kappa shape index (κ1) is 11.0. The molecular weight excluding hydrogens is 162 g/mol. The van der Waals surface area contributed by atoms with E-state index in [0.717, 1.165) is 23.8 Å². The SMILES string of the molecule is CCO[N+]1(CC)CCCCC1CC. The minimum absolute atomic E-state index is 0.749. The molecule has 0 spiro atoms. The van der Waals surface area contributed by atoms with Crippen molar-refractivity contribution in [1.29, 1.82) is 0 Å².